The summed E-state index contributed by atoms with van der Waals surface area (Å²) in [6.07, 6.45) is 1.79. The zero-order valence-electron chi connectivity index (χ0n) is 10.1. The summed E-state index contributed by atoms with van der Waals surface area (Å²) < 4.78 is 27.7. The van der Waals surface area contributed by atoms with Crippen LogP contribution in [0.15, 0.2) is 24.4 Å². The summed E-state index contributed by atoms with van der Waals surface area (Å²) in [5.74, 6) is -0.846. The first kappa shape index (κ1) is 11.8. The highest BCUT2D eigenvalue weighted by molar-refractivity contribution is 5.57. The van der Waals surface area contributed by atoms with Crippen LogP contribution < -0.4 is 5.32 Å². The van der Waals surface area contributed by atoms with Gasteiger partial charge >= 0.3 is 0 Å². The van der Waals surface area contributed by atoms with Crippen LogP contribution in [0.4, 0.5) is 8.78 Å². The molecule has 98 valence electrons. The van der Waals surface area contributed by atoms with Crippen molar-refractivity contribution in [1.82, 2.24) is 24.9 Å². The lowest BCUT2D eigenvalue weighted by molar-refractivity contribution is 0.509. The predicted octanol–water partition coefficient (Wildman–Crippen LogP) is 1.72. The van der Waals surface area contributed by atoms with Crippen LogP contribution in [-0.2, 0) is 6.54 Å². The van der Waals surface area contributed by atoms with Gasteiger partial charge in [0.15, 0.2) is 17.5 Å². The average molecular weight is 263 g/mol. The molecule has 19 heavy (non-hydrogen) atoms. The number of halogens is 2. The first-order chi connectivity index (χ1) is 9.17. The maximum Gasteiger partial charge on any atom is 0.251 e. The van der Waals surface area contributed by atoms with Gasteiger partial charge in [-0.2, -0.15) is 4.98 Å². The van der Waals surface area contributed by atoms with Crippen LogP contribution in [0, 0.1) is 11.6 Å². The van der Waals surface area contributed by atoms with E-state index in [4.69, 9.17) is 0 Å². The van der Waals surface area contributed by atoms with Crippen molar-refractivity contribution >= 4 is 5.78 Å². The first-order valence-electron chi connectivity index (χ1n) is 5.71. The van der Waals surface area contributed by atoms with Crippen molar-refractivity contribution in [3.05, 3.63) is 41.7 Å². The number of rotatable bonds is 3. The number of nitrogens with one attached hydrogen (secondary N) is 2. The molecule has 0 unspecified atom stereocenters. The number of nitrogens with zero attached hydrogens (tertiary/aromatic N) is 3. The van der Waals surface area contributed by atoms with Gasteiger partial charge in [0, 0.05) is 12.1 Å². The zero-order chi connectivity index (χ0) is 13.4. The van der Waals surface area contributed by atoms with Crippen molar-refractivity contribution < 1.29 is 8.78 Å². The highest BCUT2D eigenvalue weighted by Crippen LogP contribution is 2.19. The molecule has 3 aromatic rings. The normalized spacial score (nSPS) is 11.3. The summed E-state index contributed by atoms with van der Waals surface area (Å²) in [6, 6.07) is 3.63. The highest BCUT2D eigenvalue weighted by Gasteiger charge is 2.10. The summed E-state index contributed by atoms with van der Waals surface area (Å²) in [5.41, 5.74) is 1.32. The number of H-pyrrole nitrogens is 1. The quantitative estimate of drug-likeness (QED) is 0.756. The smallest absolute Gasteiger partial charge is 0.251 e. The van der Waals surface area contributed by atoms with Crippen molar-refractivity contribution in [2.45, 2.75) is 6.54 Å². The fourth-order valence-corrected chi connectivity index (χ4v) is 1.86. The molecule has 5 nitrogen and oxygen atoms in total. The minimum Gasteiger partial charge on any atom is -0.314 e. The van der Waals surface area contributed by atoms with E-state index in [2.05, 4.69) is 20.4 Å². The Morgan fingerprint density at radius 3 is 2.79 bits per heavy atom. The number of hydrogen-bond donors (Lipinski definition) is 2. The number of aromatic amines is 1. The van der Waals surface area contributed by atoms with Crippen molar-refractivity contribution in [3.8, 4) is 11.4 Å². The van der Waals surface area contributed by atoms with Gasteiger partial charge in [-0.1, -0.05) is 0 Å². The molecule has 0 saturated carbocycles. The lowest BCUT2D eigenvalue weighted by Gasteiger charge is -1.97. The molecule has 2 aromatic heterocycles. The lowest BCUT2D eigenvalue weighted by atomic mass is 10.2. The van der Waals surface area contributed by atoms with Crippen molar-refractivity contribution in [1.29, 1.82) is 0 Å². The standard InChI is InChI=1S/C12H11F2N5/c1-15-5-8-6-19-12(16-8)17-11(18-19)7-2-3-9(13)10(14)4-7/h2-4,6,15H,5H2,1H3,(H,16,17,18). The predicted molar refractivity (Wildman–Crippen MR) is 65.5 cm³/mol. The molecule has 0 aliphatic rings. The molecule has 0 amide bonds. The van der Waals surface area contributed by atoms with E-state index in [0.717, 1.165) is 17.8 Å². The first-order valence-corrected chi connectivity index (χ1v) is 5.71. The van der Waals surface area contributed by atoms with Gasteiger partial charge in [0.2, 0.25) is 0 Å². The molecule has 0 bridgehead atoms. The Bertz CT molecular complexity index is 699. The Morgan fingerprint density at radius 2 is 2.11 bits per heavy atom. The van der Waals surface area contributed by atoms with Crippen LogP contribution in [0.3, 0.4) is 0 Å². The summed E-state index contributed by atoms with van der Waals surface area (Å²) in [7, 11) is 1.83. The molecule has 0 spiro atoms. The van der Waals surface area contributed by atoms with Gasteiger partial charge in [-0.25, -0.2) is 18.3 Å². The zero-order valence-corrected chi connectivity index (χ0v) is 10.1. The Hall–Kier alpha value is -2.28. The fraction of sp³-hybridized carbons (Fsp3) is 0.167. The third-order valence-corrected chi connectivity index (χ3v) is 2.73. The second-order valence-corrected chi connectivity index (χ2v) is 4.13. The van der Waals surface area contributed by atoms with Crippen LogP contribution in [0.1, 0.15) is 5.69 Å². The molecule has 2 N–H and O–H groups in total. The largest absolute Gasteiger partial charge is 0.314 e. The number of fused-ring (bicyclic) bond motifs is 1. The highest BCUT2D eigenvalue weighted by atomic mass is 19.2. The molecule has 1 aromatic carbocycles. The average Bonchev–Trinajstić information content (AvgIpc) is 2.91. The van der Waals surface area contributed by atoms with Gasteiger partial charge in [0.25, 0.3) is 5.78 Å². The van der Waals surface area contributed by atoms with E-state index >= 15 is 0 Å². The molecule has 0 aliphatic carbocycles. The third-order valence-electron chi connectivity index (χ3n) is 2.73. The van der Waals surface area contributed by atoms with Gasteiger partial charge in [-0.15, -0.1) is 0 Å². The second kappa shape index (κ2) is 4.43. The molecule has 0 atom stereocenters. The molecular weight excluding hydrogens is 252 g/mol. The van der Waals surface area contributed by atoms with Gasteiger partial charge in [-0.05, 0) is 25.2 Å². The molecule has 2 heterocycles. The number of benzene rings is 1. The van der Waals surface area contributed by atoms with Gasteiger partial charge in [-0.3, -0.25) is 5.10 Å². The lowest BCUT2D eigenvalue weighted by Crippen LogP contribution is -2.05. The van der Waals surface area contributed by atoms with E-state index in [1.165, 1.54) is 6.07 Å². The van der Waals surface area contributed by atoms with E-state index in [1.54, 1.807) is 10.7 Å². The van der Waals surface area contributed by atoms with Gasteiger partial charge in [0.1, 0.15) is 0 Å². The molecule has 0 aliphatic heterocycles. The molecule has 7 heteroatoms. The second-order valence-electron chi connectivity index (χ2n) is 4.13. The van der Waals surface area contributed by atoms with Crippen molar-refractivity contribution in [2.75, 3.05) is 7.05 Å². The molecule has 0 fully saturated rings. The van der Waals surface area contributed by atoms with Crippen molar-refractivity contribution in [3.63, 3.8) is 0 Å². The van der Waals surface area contributed by atoms with Crippen LogP contribution in [-0.4, -0.2) is 26.6 Å². The minimum absolute atomic E-state index is 0.442. The maximum absolute atomic E-state index is 13.2. The van der Waals surface area contributed by atoms with Crippen LogP contribution in [0.25, 0.3) is 17.2 Å². The number of aromatic nitrogens is 4. The van der Waals surface area contributed by atoms with Crippen LogP contribution in [0.2, 0.25) is 0 Å². The topological polar surface area (TPSA) is 58.0 Å². The summed E-state index contributed by atoms with van der Waals surface area (Å²) in [5, 5.41) is 5.95. The Balaban J connectivity index is 2.00. The van der Waals surface area contributed by atoms with E-state index in [-0.39, 0.29) is 0 Å². The third kappa shape index (κ3) is 2.08. The minimum atomic E-state index is -0.901. The van der Waals surface area contributed by atoms with E-state index < -0.39 is 11.6 Å². The number of imidazole rings is 1. The van der Waals surface area contributed by atoms with Crippen molar-refractivity contribution in [2.24, 2.45) is 0 Å². The summed E-state index contributed by atoms with van der Waals surface area (Å²) in [4.78, 5) is 8.51. The summed E-state index contributed by atoms with van der Waals surface area (Å²) in [6.45, 7) is 0.637. The monoisotopic (exact) mass is 263 g/mol. The molecule has 0 saturated heterocycles. The maximum atomic E-state index is 13.2. The Kier molecular flexibility index (Phi) is 2.75. The van der Waals surface area contributed by atoms with Gasteiger partial charge in [0.05, 0.1) is 11.9 Å². The number of hydrogen-bond acceptors (Lipinski definition) is 3. The van der Waals surface area contributed by atoms with Crippen LogP contribution in [0.5, 0.6) is 0 Å². The Morgan fingerprint density at radius 1 is 1.26 bits per heavy atom. The molecule has 0 radical (unpaired) electrons. The fourth-order valence-electron chi connectivity index (χ4n) is 1.86. The SMILES string of the molecule is CNCc1cn2[nH]c(-c3ccc(F)c(F)c3)nc2n1. The van der Waals surface area contributed by atoms with E-state index in [1.807, 2.05) is 7.05 Å². The van der Waals surface area contributed by atoms with Gasteiger partial charge < -0.3 is 5.32 Å². The summed E-state index contributed by atoms with van der Waals surface area (Å²) >= 11 is 0. The van der Waals surface area contributed by atoms with E-state index in [0.29, 0.717) is 23.7 Å². The molecule has 3 rings (SSSR count). The van der Waals surface area contributed by atoms with E-state index in [9.17, 15) is 8.78 Å². The molecular formula is C12H11F2N5. The van der Waals surface area contributed by atoms with Crippen LogP contribution >= 0.6 is 0 Å². The Labute approximate surface area is 107 Å².